The predicted octanol–water partition coefficient (Wildman–Crippen LogP) is 4.75. The highest BCUT2D eigenvalue weighted by atomic mass is 35.5. The number of nitrogens with zero attached hydrogens (tertiary/aromatic N) is 1. The van der Waals surface area contributed by atoms with Crippen molar-refractivity contribution in [2.45, 2.75) is 20.4 Å². The van der Waals surface area contributed by atoms with E-state index in [2.05, 4.69) is 26.0 Å². The molecule has 0 fully saturated rings. The maximum atomic E-state index is 12.6. The summed E-state index contributed by atoms with van der Waals surface area (Å²) in [6.07, 6.45) is 2.00. The Kier molecular flexibility index (Phi) is 5.04. The Labute approximate surface area is 136 Å². The molecule has 0 bridgehead atoms. The molecule has 1 aromatic heterocycles. The quantitative estimate of drug-likeness (QED) is 0.684. The van der Waals surface area contributed by atoms with Gasteiger partial charge in [0.15, 0.2) is 0 Å². The van der Waals surface area contributed by atoms with E-state index in [1.165, 1.54) is 0 Å². The summed E-state index contributed by atoms with van der Waals surface area (Å²) in [6, 6.07) is 18.1. The van der Waals surface area contributed by atoms with Gasteiger partial charge < -0.3 is 4.57 Å². The smallest absolute Gasteiger partial charge is 0.258 e. The van der Waals surface area contributed by atoms with Crippen LogP contribution < -0.4 is 5.56 Å². The minimum atomic E-state index is 0. The first-order valence-corrected chi connectivity index (χ1v) is 7.34. The molecule has 22 heavy (non-hydrogen) atoms. The first kappa shape index (κ1) is 16.3. The Hall–Kier alpha value is -2.06. The number of pyridine rings is 1. The van der Waals surface area contributed by atoms with Crippen LogP contribution in [0.4, 0.5) is 0 Å². The maximum absolute atomic E-state index is 12.6. The van der Waals surface area contributed by atoms with Crippen molar-refractivity contribution in [2.24, 2.45) is 5.92 Å². The zero-order chi connectivity index (χ0) is 14.8. The molecule has 0 aliphatic carbocycles. The minimum absolute atomic E-state index is 0. The predicted molar refractivity (Wildman–Crippen MR) is 95.7 cm³/mol. The summed E-state index contributed by atoms with van der Waals surface area (Å²) in [4.78, 5) is 12.6. The van der Waals surface area contributed by atoms with Crippen molar-refractivity contribution in [2.75, 3.05) is 0 Å². The van der Waals surface area contributed by atoms with Crippen molar-refractivity contribution in [3.05, 3.63) is 71.1 Å². The number of halogens is 1. The average Bonchev–Trinajstić information content (AvgIpc) is 2.51. The summed E-state index contributed by atoms with van der Waals surface area (Å²) in [5.41, 5.74) is 2.36. The molecule has 0 saturated carbocycles. The summed E-state index contributed by atoms with van der Waals surface area (Å²) in [7, 11) is 0. The topological polar surface area (TPSA) is 22.0 Å². The average molecular weight is 314 g/mol. The Morgan fingerprint density at radius 1 is 0.909 bits per heavy atom. The summed E-state index contributed by atoms with van der Waals surface area (Å²) >= 11 is 0. The molecule has 114 valence electrons. The van der Waals surface area contributed by atoms with E-state index in [4.69, 9.17) is 0 Å². The van der Waals surface area contributed by atoms with Gasteiger partial charge in [0.25, 0.3) is 5.56 Å². The summed E-state index contributed by atoms with van der Waals surface area (Å²) in [5, 5.41) is 1.81. The molecule has 0 radical (unpaired) electrons. The van der Waals surface area contributed by atoms with Gasteiger partial charge in [0.2, 0.25) is 0 Å². The standard InChI is InChI=1S/C19H19NO.ClH/c1-14(2)12-20-13-18(15-8-4-3-5-9-15)16-10-6-7-11-17(16)19(20)21;/h3-11,13-14H,12H2,1-2H3;1H. The highest BCUT2D eigenvalue weighted by molar-refractivity contribution is 5.95. The second-order valence-corrected chi connectivity index (χ2v) is 5.81. The zero-order valence-corrected chi connectivity index (χ0v) is 13.6. The Balaban J connectivity index is 0.00000176. The van der Waals surface area contributed by atoms with Crippen molar-refractivity contribution < 1.29 is 0 Å². The fourth-order valence-corrected chi connectivity index (χ4v) is 2.72. The molecule has 2 aromatic carbocycles. The van der Waals surface area contributed by atoms with Gasteiger partial charge in [0.1, 0.15) is 0 Å². The van der Waals surface area contributed by atoms with Crippen LogP contribution in [0, 0.1) is 5.92 Å². The van der Waals surface area contributed by atoms with Gasteiger partial charge in [-0.2, -0.15) is 0 Å². The van der Waals surface area contributed by atoms with Crippen molar-refractivity contribution in [3.8, 4) is 11.1 Å². The number of aromatic nitrogens is 1. The van der Waals surface area contributed by atoms with Crippen molar-refractivity contribution in [1.82, 2.24) is 4.57 Å². The van der Waals surface area contributed by atoms with Crippen molar-refractivity contribution in [3.63, 3.8) is 0 Å². The maximum Gasteiger partial charge on any atom is 0.258 e. The Bertz CT molecular complexity index is 822. The molecular formula is C19H20ClNO. The van der Waals surface area contributed by atoms with Crippen LogP contribution >= 0.6 is 12.4 Å². The molecule has 1 heterocycles. The van der Waals surface area contributed by atoms with Gasteiger partial charge in [0.05, 0.1) is 0 Å². The molecule has 3 rings (SSSR count). The minimum Gasteiger partial charge on any atom is -0.314 e. The lowest BCUT2D eigenvalue weighted by atomic mass is 10.0. The molecule has 0 unspecified atom stereocenters. The third-order valence-corrected chi connectivity index (χ3v) is 3.64. The molecule has 0 amide bonds. The number of hydrogen-bond acceptors (Lipinski definition) is 1. The number of rotatable bonds is 3. The van der Waals surface area contributed by atoms with E-state index in [0.717, 1.165) is 28.4 Å². The monoisotopic (exact) mass is 313 g/mol. The van der Waals surface area contributed by atoms with E-state index in [-0.39, 0.29) is 18.0 Å². The lowest BCUT2D eigenvalue weighted by molar-refractivity contribution is 0.514. The molecular weight excluding hydrogens is 294 g/mol. The molecule has 0 aliphatic rings. The lowest BCUT2D eigenvalue weighted by Crippen LogP contribution is -2.22. The van der Waals surface area contributed by atoms with E-state index >= 15 is 0 Å². The zero-order valence-electron chi connectivity index (χ0n) is 12.8. The highest BCUT2D eigenvalue weighted by Gasteiger charge is 2.10. The fraction of sp³-hybridized carbons (Fsp3) is 0.211. The van der Waals surface area contributed by atoms with Gasteiger partial charge >= 0.3 is 0 Å². The van der Waals surface area contributed by atoms with Crippen LogP contribution in [0.15, 0.2) is 65.6 Å². The third kappa shape index (κ3) is 3.07. The summed E-state index contributed by atoms with van der Waals surface area (Å²) in [6.45, 7) is 5.00. The Morgan fingerprint density at radius 3 is 2.14 bits per heavy atom. The normalized spacial score (nSPS) is 10.7. The molecule has 0 N–H and O–H groups in total. The molecule has 3 heteroatoms. The van der Waals surface area contributed by atoms with E-state index < -0.39 is 0 Å². The van der Waals surface area contributed by atoms with Gasteiger partial charge in [-0.15, -0.1) is 12.4 Å². The van der Waals surface area contributed by atoms with Crippen LogP contribution in [0.1, 0.15) is 13.8 Å². The van der Waals surface area contributed by atoms with Crippen LogP contribution in [0.25, 0.3) is 21.9 Å². The van der Waals surface area contributed by atoms with E-state index in [0.29, 0.717) is 5.92 Å². The number of benzene rings is 2. The van der Waals surface area contributed by atoms with Crippen LogP contribution in [-0.4, -0.2) is 4.57 Å². The van der Waals surface area contributed by atoms with Gasteiger partial charge in [-0.1, -0.05) is 62.4 Å². The van der Waals surface area contributed by atoms with Crippen LogP contribution in [0.2, 0.25) is 0 Å². The largest absolute Gasteiger partial charge is 0.314 e. The molecule has 0 saturated heterocycles. The summed E-state index contributed by atoms with van der Waals surface area (Å²) in [5.74, 6) is 0.437. The first-order chi connectivity index (χ1) is 10.2. The van der Waals surface area contributed by atoms with Gasteiger partial charge in [-0.25, -0.2) is 0 Å². The molecule has 0 aliphatic heterocycles. The van der Waals surface area contributed by atoms with E-state index in [1.54, 1.807) is 0 Å². The first-order valence-electron chi connectivity index (χ1n) is 7.34. The van der Waals surface area contributed by atoms with Crippen LogP contribution in [0.5, 0.6) is 0 Å². The second kappa shape index (κ2) is 6.80. The van der Waals surface area contributed by atoms with Crippen LogP contribution in [0.3, 0.4) is 0 Å². The summed E-state index contributed by atoms with van der Waals surface area (Å²) < 4.78 is 1.84. The highest BCUT2D eigenvalue weighted by Crippen LogP contribution is 2.26. The van der Waals surface area contributed by atoms with Gasteiger partial charge in [0, 0.05) is 23.7 Å². The SMILES string of the molecule is CC(C)Cn1cc(-c2ccccc2)c2ccccc2c1=O.Cl. The van der Waals surface area contributed by atoms with E-state index in [1.807, 2.05) is 53.2 Å². The fourth-order valence-electron chi connectivity index (χ4n) is 2.72. The molecule has 3 aromatic rings. The lowest BCUT2D eigenvalue weighted by Gasteiger charge is -2.14. The third-order valence-electron chi connectivity index (χ3n) is 3.64. The van der Waals surface area contributed by atoms with Gasteiger partial charge in [-0.05, 0) is 22.9 Å². The van der Waals surface area contributed by atoms with Gasteiger partial charge in [-0.3, -0.25) is 4.79 Å². The Morgan fingerprint density at radius 2 is 1.50 bits per heavy atom. The molecule has 2 nitrogen and oxygen atoms in total. The molecule has 0 spiro atoms. The van der Waals surface area contributed by atoms with Crippen LogP contribution in [-0.2, 0) is 6.54 Å². The van der Waals surface area contributed by atoms with Crippen molar-refractivity contribution >= 4 is 23.2 Å². The van der Waals surface area contributed by atoms with E-state index in [9.17, 15) is 4.79 Å². The molecule has 0 atom stereocenters. The number of hydrogen-bond donors (Lipinski definition) is 0. The number of fused-ring (bicyclic) bond motifs is 1. The second-order valence-electron chi connectivity index (χ2n) is 5.81. The van der Waals surface area contributed by atoms with Crippen molar-refractivity contribution in [1.29, 1.82) is 0 Å².